The molecule has 0 unspecified atom stereocenters. The first kappa shape index (κ1) is 23.9. The van der Waals surface area contributed by atoms with Gasteiger partial charge in [0.2, 0.25) is 5.91 Å². The van der Waals surface area contributed by atoms with Gasteiger partial charge in [-0.15, -0.1) is 0 Å². The number of benzene rings is 2. The van der Waals surface area contributed by atoms with Crippen molar-refractivity contribution in [2.45, 2.75) is 46.5 Å². The molecule has 2 aromatic carbocycles. The molecule has 0 radical (unpaired) electrons. The summed E-state index contributed by atoms with van der Waals surface area (Å²) in [6, 6.07) is 14.0. The lowest BCUT2D eigenvalue weighted by Gasteiger charge is -2.23. The predicted octanol–water partition coefficient (Wildman–Crippen LogP) is 3.81. The minimum absolute atomic E-state index is 0.0818. The first-order chi connectivity index (χ1) is 14.6. The summed E-state index contributed by atoms with van der Waals surface area (Å²) in [5, 5.41) is 2.75. The third kappa shape index (κ3) is 7.13. The minimum atomic E-state index is -0.480. The van der Waals surface area contributed by atoms with Crippen LogP contribution in [0.15, 0.2) is 48.5 Å². The molecule has 0 aliphatic heterocycles. The van der Waals surface area contributed by atoms with E-state index in [0.29, 0.717) is 17.0 Å². The van der Waals surface area contributed by atoms with Crippen LogP contribution in [0.5, 0.6) is 5.75 Å². The highest BCUT2D eigenvalue weighted by Gasteiger charge is 2.17. The predicted molar refractivity (Wildman–Crippen MR) is 121 cm³/mol. The van der Waals surface area contributed by atoms with Crippen LogP contribution in [0, 0.1) is 5.92 Å². The van der Waals surface area contributed by atoms with Gasteiger partial charge in [-0.1, -0.05) is 46.8 Å². The normalized spacial score (nSPS) is 11.0. The second kappa shape index (κ2) is 10.6. The summed E-state index contributed by atoms with van der Waals surface area (Å²) in [7, 11) is 0. The van der Waals surface area contributed by atoms with Crippen molar-refractivity contribution in [3.05, 3.63) is 59.7 Å². The average molecular weight is 426 g/mol. The Balaban J connectivity index is 1.79. The SMILES string of the molecule is CCC(C)(C)c1ccc(OCC(=O)NNC(=O)c2ccc(NC(=O)C(C)C)cc2)cc1. The summed E-state index contributed by atoms with van der Waals surface area (Å²) in [5.41, 5.74) is 6.90. The van der Waals surface area contributed by atoms with Gasteiger partial charge in [0.1, 0.15) is 5.75 Å². The fraction of sp³-hybridized carbons (Fsp3) is 0.375. The van der Waals surface area contributed by atoms with E-state index in [0.717, 1.165) is 6.42 Å². The average Bonchev–Trinajstić information content (AvgIpc) is 2.76. The van der Waals surface area contributed by atoms with Crippen LogP contribution in [0.4, 0.5) is 5.69 Å². The Morgan fingerprint density at radius 1 is 0.935 bits per heavy atom. The van der Waals surface area contributed by atoms with Crippen molar-refractivity contribution in [2.24, 2.45) is 5.92 Å². The molecule has 3 amide bonds. The number of ether oxygens (including phenoxy) is 1. The van der Waals surface area contributed by atoms with Crippen molar-refractivity contribution in [3.8, 4) is 5.75 Å². The zero-order valence-corrected chi connectivity index (χ0v) is 18.7. The lowest BCUT2D eigenvalue weighted by Crippen LogP contribution is -2.43. The summed E-state index contributed by atoms with van der Waals surface area (Å²) < 4.78 is 5.48. The maximum absolute atomic E-state index is 12.2. The van der Waals surface area contributed by atoms with Crippen LogP contribution in [-0.2, 0) is 15.0 Å². The Hall–Kier alpha value is -3.35. The zero-order valence-electron chi connectivity index (χ0n) is 18.7. The van der Waals surface area contributed by atoms with Crippen LogP contribution in [-0.4, -0.2) is 24.3 Å². The van der Waals surface area contributed by atoms with Gasteiger partial charge in [-0.05, 0) is 53.8 Å². The fourth-order valence-corrected chi connectivity index (χ4v) is 2.58. The van der Waals surface area contributed by atoms with Gasteiger partial charge in [0.15, 0.2) is 6.61 Å². The lowest BCUT2D eigenvalue weighted by molar-refractivity contribution is -0.123. The maximum atomic E-state index is 12.2. The molecule has 0 spiro atoms. The highest BCUT2D eigenvalue weighted by molar-refractivity contribution is 5.97. The van der Waals surface area contributed by atoms with Crippen molar-refractivity contribution in [3.63, 3.8) is 0 Å². The second-order valence-corrected chi connectivity index (χ2v) is 8.27. The summed E-state index contributed by atoms with van der Waals surface area (Å²) in [6.45, 7) is 9.86. The molecule has 7 heteroatoms. The van der Waals surface area contributed by atoms with Gasteiger partial charge < -0.3 is 10.1 Å². The van der Waals surface area contributed by atoms with Gasteiger partial charge in [0.05, 0.1) is 0 Å². The lowest BCUT2D eigenvalue weighted by atomic mass is 9.82. The van der Waals surface area contributed by atoms with Gasteiger partial charge >= 0.3 is 0 Å². The summed E-state index contributed by atoms with van der Waals surface area (Å²) in [5.74, 6) is -0.612. The van der Waals surface area contributed by atoms with E-state index in [-0.39, 0.29) is 23.8 Å². The number of hydrogen-bond donors (Lipinski definition) is 3. The molecule has 0 aliphatic carbocycles. The van der Waals surface area contributed by atoms with E-state index in [1.807, 2.05) is 24.3 Å². The number of carbonyl (C=O) groups is 3. The first-order valence-corrected chi connectivity index (χ1v) is 10.4. The van der Waals surface area contributed by atoms with E-state index in [1.165, 1.54) is 5.56 Å². The van der Waals surface area contributed by atoms with Gasteiger partial charge in [0.25, 0.3) is 11.8 Å². The molecule has 0 fully saturated rings. The molecular weight excluding hydrogens is 394 g/mol. The van der Waals surface area contributed by atoms with Crippen molar-refractivity contribution >= 4 is 23.4 Å². The second-order valence-electron chi connectivity index (χ2n) is 8.27. The Kier molecular flexibility index (Phi) is 8.19. The van der Waals surface area contributed by atoms with Gasteiger partial charge in [-0.3, -0.25) is 25.2 Å². The zero-order chi connectivity index (χ0) is 23.0. The first-order valence-electron chi connectivity index (χ1n) is 10.4. The quantitative estimate of drug-likeness (QED) is 0.561. The molecule has 166 valence electrons. The Morgan fingerprint density at radius 3 is 2.10 bits per heavy atom. The number of hydrogen-bond acceptors (Lipinski definition) is 4. The minimum Gasteiger partial charge on any atom is -0.484 e. The van der Waals surface area contributed by atoms with Crippen molar-refractivity contribution < 1.29 is 19.1 Å². The molecule has 31 heavy (non-hydrogen) atoms. The number of anilines is 1. The molecule has 0 bridgehead atoms. The van der Waals surface area contributed by atoms with Gasteiger partial charge in [-0.25, -0.2) is 0 Å². The topological polar surface area (TPSA) is 96.5 Å². The van der Waals surface area contributed by atoms with Crippen molar-refractivity contribution in [1.82, 2.24) is 10.9 Å². The highest BCUT2D eigenvalue weighted by atomic mass is 16.5. The molecule has 0 saturated carbocycles. The molecule has 0 aliphatic rings. The highest BCUT2D eigenvalue weighted by Crippen LogP contribution is 2.27. The van der Waals surface area contributed by atoms with Gasteiger partial charge in [-0.2, -0.15) is 0 Å². The van der Waals surface area contributed by atoms with Crippen LogP contribution in [0.25, 0.3) is 0 Å². The smallest absolute Gasteiger partial charge is 0.276 e. The Morgan fingerprint density at radius 2 is 1.55 bits per heavy atom. The van der Waals surface area contributed by atoms with Crippen molar-refractivity contribution in [1.29, 1.82) is 0 Å². The summed E-state index contributed by atoms with van der Waals surface area (Å²) in [4.78, 5) is 35.8. The summed E-state index contributed by atoms with van der Waals surface area (Å²) in [6.07, 6.45) is 1.02. The third-order valence-corrected chi connectivity index (χ3v) is 5.14. The molecule has 0 atom stereocenters. The number of amides is 3. The van der Waals surface area contributed by atoms with Crippen LogP contribution in [0.3, 0.4) is 0 Å². The fourth-order valence-electron chi connectivity index (χ4n) is 2.58. The van der Waals surface area contributed by atoms with E-state index in [9.17, 15) is 14.4 Å². The van der Waals surface area contributed by atoms with Crippen LogP contribution >= 0.6 is 0 Å². The van der Waals surface area contributed by atoms with E-state index < -0.39 is 11.8 Å². The molecule has 0 saturated heterocycles. The van der Waals surface area contributed by atoms with Crippen LogP contribution in [0.2, 0.25) is 0 Å². The molecule has 3 N–H and O–H groups in total. The van der Waals surface area contributed by atoms with E-state index in [4.69, 9.17) is 4.74 Å². The number of nitrogens with one attached hydrogen (secondary N) is 3. The summed E-state index contributed by atoms with van der Waals surface area (Å²) >= 11 is 0. The monoisotopic (exact) mass is 425 g/mol. The molecular formula is C24H31N3O4. The molecule has 2 rings (SSSR count). The maximum Gasteiger partial charge on any atom is 0.276 e. The molecule has 2 aromatic rings. The Bertz CT molecular complexity index is 903. The molecule has 0 aromatic heterocycles. The molecule has 7 nitrogen and oxygen atoms in total. The van der Waals surface area contributed by atoms with E-state index in [2.05, 4.69) is 36.9 Å². The standard InChI is InChI=1S/C24H31N3O4/c1-6-24(4,5)18-9-13-20(14-10-18)31-15-21(28)26-27-23(30)17-7-11-19(12-8-17)25-22(29)16(2)3/h7-14,16H,6,15H2,1-5H3,(H,25,29)(H,26,28)(H,27,30). The van der Waals surface area contributed by atoms with Crippen LogP contribution < -0.4 is 20.9 Å². The number of hydrazine groups is 1. The third-order valence-electron chi connectivity index (χ3n) is 5.14. The van der Waals surface area contributed by atoms with E-state index >= 15 is 0 Å². The van der Waals surface area contributed by atoms with E-state index in [1.54, 1.807) is 38.1 Å². The molecule has 0 heterocycles. The largest absolute Gasteiger partial charge is 0.484 e. The van der Waals surface area contributed by atoms with Crippen LogP contribution in [0.1, 0.15) is 57.0 Å². The van der Waals surface area contributed by atoms with Gasteiger partial charge in [0, 0.05) is 17.2 Å². The number of carbonyl (C=O) groups excluding carboxylic acids is 3. The van der Waals surface area contributed by atoms with Crippen molar-refractivity contribution in [2.75, 3.05) is 11.9 Å². The number of rotatable bonds is 8. The Labute approximate surface area is 183 Å².